The fraction of sp³-hybridized carbons (Fsp3) is 0.273. The molecule has 0 amide bonds. The van der Waals surface area contributed by atoms with Gasteiger partial charge in [-0.3, -0.25) is 0 Å². The lowest BCUT2D eigenvalue weighted by Gasteiger charge is -2.26. The van der Waals surface area contributed by atoms with Gasteiger partial charge in [0.25, 0.3) is 0 Å². The number of furan rings is 1. The van der Waals surface area contributed by atoms with Crippen molar-refractivity contribution in [2.24, 2.45) is 9.98 Å². The molecule has 1 aliphatic heterocycles. The number of nitrogens with zero attached hydrogens (tertiary/aromatic N) is 2. The largest absolute Gasteiger partial charge is 0.469 e. The molecule has 0 aliphatic carbocycles. The Morgan fingerprint density at radius 1 is 1.05 bits per heavy atom. The van der Waals surface area contributed by atoms with Crippen molar-refractivity contribution in [3.63, 3.8) is 0 Å². The van der Waals surface area contributed by atoms with Gasteiger partial charge in [-0.05, 0) is 18.2 Å². The van der Waals surface area contributed by atoms with Gasteiger partial charge in [-0.2, -0.15) is 0 Å². The number of amidine groups is 2. The first-order chi connectivity index (χ1) is 9.66. The van der Waals surface area contributed by atoms with E-state index in [0.29, 0.717) is 23.9 Å². The van der Waals surface area contributed by atoms with Crippen molar-refractivity contribution in [2.75, 3.05) is 0 Å². The quantitative estimate of drug-likeness (QED) is 0.407. The van der Waals surface area contributed by atoms with Crippen molar-refractivity contribution in [1.82, 2.24) is 5.32 Å². The maximum absolute atomic E-state index is 5.30. The van der Waals surface area contributed by atoms with Gasteiger partial charge in [-0.15, -0.1) is 0 Å². The van der Waals surface area contributed by atoms with E-state index in [4.69, 9.17) is 4.42 Å². The Kier molecular flexibility index (Phi) is 6.38. The fourth-order valence-electron chi connectivity index (χ4n) is 1.40. The smallest absolute Gasteiger partial charge is 0.192 e. The van der Waals surface area contributed by atoms with E-state index in [0.717, 1.165) is 5.76 Å². The molecule has 1 aromatic heterocycles. The highest BCUT2D eigenvalue weighted by atomic mass is 80.0. The first-order valence-corrected chi connectivity index (χ1v) is 10.2. The summed E-state index contributed by atoms with van der Waals surface area (Å²) in [5.74, 6) is 2.64. The van der Waals surface area contributed by atoms with E-state index >= 15 is 0 Å². The third-order valence-corrected chi connectivity index (χ3v) is 4.55. The van der Waals surface area contributed by atoms with Crippen LogP contribution in [0.3, 0.4) is 0 Å². The minimum atomic E-state index is -0.670. The van der Waals surface area contributed by atoms with Crippen molar-refractivity contribution in [3.05, 3.63) is 36.1 Å². The van der Waals surface area contributed by atoms with Gasteiger partial charge in [0.05, 0.1) is 6.26 Å². The summed E-state index contributed by atoms with van der Waals surface area (Å²) in [6, 6.07) is 3.75. The zero-order valence-electron chi connectivity index (χ0n) is 10.1. The second-order valence-electron chi connectivity index (χ2n) is 3.89. The van der Waals surface area contributed by atoms with Gasteiger partial charge >= 0.3 is 0 Å². The number of hydrogen-bond donors (Lipinski definition) is 1. The first-order valence-electron chi connectivity index (χ1n) is 5.47. The molecule has 0 bridgehead atoms. The SMILES string of the molecule is BrC(Br)(Br)C1=NC(=CCc2ccco2)N=C(C(Br)(Br)Br)N1. The van der Waals surface area contributed by atoms with Crippen LogP contribution in [-0.2, 0) is 6.42 Å². The van der Waals surface area contributed by atoms with E-state index in [1.165, 1.54) is 0 Å². The summed E-state index contributed by atoms with van der Waals surface area (Å²) in [5.41, 5.74) is 0. The second-order valence-corrected chi connectivity index (χ2v) is 17.4. The van der Waals surface area contributed by atoms with Gasteiger partial charge in [0.2, 0.25) is 0 Å². The Bertz CT molecular complexity index is 562. The second kappa shape index (κ2) is 7.29. The van der Waals surface area contributed by atoms with Gasteiger partial charge in [-0.1, -0.05) is 95.6 Å². The van der Waals surface area contributed by atoms with Gasteiger partial charge in [0.1, 0.15) is 17.4 Å². The number of halogens is 6. The summed E-state index contributed by atoms with van der Waals surface area (Å²) in [5, 5.41) is 3.11. The van der Waals surface area contributed by atoms with Gasteiger partial charge in [0, 0.05) is 6.42 Å². The third kappa shape index (κ3) is 5.56. The zero-order chi connectivity index (χ0) is 15.7. The average molecular weight is 677 g/mol. The third-order valence-electron chi connectivity index (χ3n) is 2.29. The monoisotopic (exact) mass is 671 g/mol. The zero-order valence-corrected chi connectivity index (χ0v) is 19.6. The molecular weight excluding hydrogens is 670 g/mol. The van der Waals surface area contributed by atoms with Gasteiger partial charge < -0.3 is 9.73 Å². The molecule has 1 N–H and O–H groups in total. The average Bonchev–Trinajstić information content (AvgIpc) is 2.87. The van der Waals surface area contributed by atoms with Crippen LogP contribution in [0.25, 0.3) is 0 Å². The molecule has 0 saturated heterocycles. The number of alkyl halides is 6. The summed E-state index contributed by atoms with van der Waals surface area (Å²) < 4.78 is 3.96. The fourth-order valence-corrected chi connectivity index (χ4v) is 2.53. The normalized spacial score (nSPS) is 16.2. The molecule has 1 aromatic rings. The van der Waals surface area contributed by atoms with Gasteiger partial charge in [0.15, 0.2) is 10.1 Å². The number of nitrogens with one attached hydrogen (secondary N) is 1. The molecule has 0 saturated carbocycles. The van der Waals surface area contributed by atoms with Crippen LogP contribution in [0.15, 0.2) is 44.7 Å². The van der Waals surface area contributed by atoms with Crippen molar-refractivity contribution in [1.29, 1.82) is 0 Å². The summed E-state index contributed by atoms with van der Waals surface area (Å²) in [6.45, 7) is 0. The van der Waals surface area contributed by atoms with Crippen molar-refractivity contribution < 1.29 is 4.42 Å². The van der Waals surface area contributed by atoms with Crippen LogP contribution >= 0.6 is 95.6 Å². The lowest BCUT2D eigenvalue weighted by atomic mass is 10.3. The van der Waals surface area contributed by atoms with Crippen LogP contribution < -0.4 is 5.32 Å². The molecule has 21 heavy (non-hydrogen) atoms. The molecular formula is C11H7Br6N3O. The summed E-state index contributed by atoms with van der Waals surface area (Å²) in [4.78, 5) is 8.90. The molecule has 10 heteroatoms. The van der Waals surface area contributed by atoms with Crippen LogP contribution in [0.4, 0.5) is 0 Å². The molecule has 0 spiro atoms. The number of rotatable bonds is 2. The minimum absolute atomic E-state index is 0.570. The number of hydrogen-bond acceptors (Lipinski definition) is 4. The highest BCUT2D eigenvalue weighted by molar-refractivity contribution is 9.40. The van der Waals surface area contributed by atoms with Gasteiger partial charge in [-0.25, -0.2) is 9.98 Å². The van der Waals surface area contributed by atoms with E-state index in [9.17, 15) is 0 Å². The lowest BCUT2D eigenvalue weighted by Crippen LogP contribution is -2.45. The highest BCUT2D eigenvalue weighted by Gasteiger charge is 2.35. The molecule has 4 nitrogen and oxygen atoms in total. The molecule has 0 aromatic carbocycles. The topological polar surface area (TPSA) is 49.9 Å². The first kappa shape index (κ1) is 18.4. The minimum Gasteiger partial charge on any atom is -0.469 e. The Morgan fingerprint density at radius 2 is 1.62 bits per heavy atom. The predicted octanol–water partition coefficient (Wildman–Crippen LogP) is 5.74. The molecule has 0 unspecified atom stereocenters. The van der Waals surface area contributed by atoms with Crippen LogP contribution in [0, 0.1) is 0 Å². The van der Waals surface area contributed by atoms with Crippen molar-refractivity contribution in [3.8, 4) is 0 Å². The number of aliphatic imine (C=N–C) groups is 2. The summed E-state index contributed by atoms with van der Waals surface area (Å²) in [6.07, 6.45) is 4.13. The Hall–Kier alpha value is 1.04. The van der Waals surface area contributed by atoms with Crippen LogP contribution in [0.5, 0.6) is 0 Å². The number of allylic oxidation sites excluding steroid dienone is 1. The van der Waals surface area contributed by atoms with Crippen molar-refractivity contribution >= 4 is 107 Å². The van der Waals surface area contributed by atoms with E-state index in [-0.39, 0.29) is 0 Å². The summed E-state index contributed by atoms with van der Waals surface area (Å²) >= 11 is 20.7. The lowest BCUT2D eigenvalue weighted by molar-refractivity contribution is 0.522. The van der Waals surface area contributed by atoms with Crippen LogP contribution in [0.2, 0.25) is 0 Å². The van der Waals surface area contributed by atoms with E-state index in [1.807, 2.05) is 18.2 Å². The molecule has 2 rings (SSSR count). The van der Waals surface area contributed by atoms with E-state index in [1.54, 1.807) is 6.26 Å². The standard InChI is InChI=1S/C11H7Br6N3O/c12-10(13,14)8-18-7(4-3-6-2-1-5-21-6)19-9(20-8)11(15,16)17/h1-2,4-5H,3H2,(H,18,19,20). The maximum Gasteiger partial charge on any atom is 0.192 e. The Labute approximate surface area is 172 Å². The van der Waals surface area contributed by atoms with E-state index < -0.39 is 4.29 Å². The maximum atomic E-state index is 5.30. The molecule has 114 valence electrons. The molecule has 1 aliphatic rings. The Morgan fingerprint density at radius 3 is 2.05 bits per heavy atom. The highest BCUT2D eigenvalue weighted by Crippen LogP contribution is 2.39. The predicted molar refractivity (Wildman–Crippen MR) is 108 cm³/mol. The summed E-state index contributed by atoms with van der Waals surface area (Å²) in [7, 11) is 0. The van der Waals surface area contributed by atoms with Crippen LogP contribution in [0.1, 0.15) is 5.76 Å². The molecule has 2 heterocycles. The Balaban J connectivity index is 2.31. The molecule has 0 fully saturated rings. The van der Waals surface area contributed by atoms with Crippen LogP contribution in [-0.4, -0.2) is 16.0 Å². The molecule has 0 atom stereocenters. The van der Waals surface area contributed by atoms with E-state index in [2.05, 4.69) is 111 Å². The molecule has 0 radical (unpaired) electrons. The van der Waals surface area contributed by atoms with Crippen molar-refractivity contribution in [2.45, 2.75) is 10.7 Å².